The molecule has 1 rings (SSSR count). The molecule has 0 aliphatic heterocycles. The van der Waals surface area contributed by atoms with E-state index in [2.05, 4.69) is 13.8 Å². The quantitative estimate of drug-likeness (QED) is 0.660. The van der Waals surface area contributed by atoms with Gasteiger partial charge in [0.25, 0.3) is 0 Å². The fourth-order valence-corrected chi connectivity index (χ4v) is 2.72. The normalized spacial score (nSPS) is 14.6. The van der Waals surface area contributed by atoms with Gasteiger partial charge >= 0.3 is 5.69 Å². The van der Waals surface area contributed by atoms with Crippen LogP contribution >= 0.6 is 11.3 Å². The minimum absolute atomic E-state index is 0.0749. The number of aliphatic hydroxyl groups excluding tert-OH is 1. The van der Waals surface area contributed by atoms with Crippen molar-refractivity contribution < 1.29 is 10.0 Å². The third-order valence-corrected chi connectivity index (χ3v) is 4.60. The Morgan fingerprint density at radius 1 is 1.39 bits per heavy atom. The average molecular weight is 272 g/mol. The summed E-state index contributed by atoms with van der Waals surface area (Å²) in [7, 11) is 1.86. The Balaban J connectivity index is 3.17. The standard InChI is InChI=1S/C12H20N2O3S/c1-7(2)8(3)13(5)12-10(14(16)17)6-11(18-12)9(4)15/h6-9,15H,1-5H3. The summed E-state index contributed by atoms with van der Waals surface area (Å²) >= 11 is 1.28. The van der Waals surface area contributed by atoms with Gasteiger partial charge in [-0.15, -0.1) is 11.3 Å². The minimum atomic E-state index is -0.676. The maximum atomic E-state index is 11.1. The topological polar surface area (TPSA) is 66.6 Å². The van der Waals surface area contributed by atoms with Gasteiger partial charge < -0.3 is 10.0 Å². The van der Waals surface area contributed by atoms with Crippen molar-refractivity contribution in [2.24, 2.45) is 5.92 Å². The number of hydrogen-bond donors (Lipinski definition) is 1. The van der Waals surface area contributed by atoms with Crippen molar-refractivity contribution in [1.82, 2.24) is 0 Å². The van der Waals surface area contributed by atoms with Crippen molar-refractivity contribution in [3.8, 4) is 0 Å². The molecule has 1 aromatic rings. The Morgan fingerprint density at radius 2 is 1.94 bits per heavy atom. The van der Waals surface area contributed by atoms with Crippen LogP contribution in [-0.4, -0.2) is 23.1 Å². The van der Waals surface area contributed by atoms with Gasteiger partial charge in [-0.3, -0.25) is 10.1 Å². The Hall–Kier alpha value is -1.14. The molecule has 0 aliphatic rings. The van der Waals surface area contributed by atoms with E-state index in [1.165, 1.54) is 17.4 Å². The summed E-state index contributed by atoms with van der Waals surface area (Å²) in [6, 6.07) is 1.66. The lowest BCUT2D eigenvalue weighted by Gasteiger charge is -2.28. The van der Waals surface area contributed by atoms with E-state index in [-0.39, 0.29) is 16.7 Å². The highest BCUT2D eigenvalue weighted by atomic mass is 32.1. The molecule has 0 saturated heterocycles. The van der Waals surface area contributed by atoms with E-state index in [0.29, 0.717) is 15.8 Å². The fourth-order valence-electron chi connectivity index (χ4n) is 1.61. The van der Waals surface area contributed by atoms with Crippen molar-refractivity contribution in [2.75, 3.05) is 11.9 Å². The summed E-state index contributed by atoms with van der Waals surface area (Å²) < 4.78 is 0. The van der Waals surface area contributed by atoms with Crippen LogP contribution in [0.15, 0.2) is 6.07 Å². The summed E-state index contributed by atoms with van der Waals surface area (Å²) in [6.45, 7) is 7.81. The molecule has 1 N–H and O–H groups in total. The zero-order valence-electron chi connectivity index (χ0n) is 11.4. The van der Waals surface area contributed by atoms with Crippen LogP contribution in [0, 0.1) is 16.0 Å². The highest BCUT2D eigenvalue weighted by Crippen LogP contribution is 2.40. The van der Waals surface area contributed by atoms with Crippen LogP contribution in [0.2, 0.25) is 0 Å². The zero-order chi connectivity index (χ0) is 14.0. The lowest BCUT2D eigenvalue weighted by atomic mass is 10.1. The highest BCUT2D eigenvalue weighted by Gasteiger charge is 2.26. The maximum Gasteiger partial charge on any atom is 0.304 e. The lowest BCUT2D eigenvalue weighted by Crippen LogP contribution is -2.32. The molecule has 1 heterocycles. The van der Waals surface area contributed by atoms with Crippen molar-refractivity contribution >= 4 is 22.0 Å². The number of anilines is 1. The van der Waals surface area contributed by atoms with E-state index >= 15 is 0 Å². The smallest absolute Gasteiger partial charge is 0.304 e. The molecule has 2 atom stereocenters. The van der Waals surface area contributed by atoms with Crippen LogP contribution in [0.5, 0.6) is 0 Å². The number of rotatable bonds is 5. The van der Waals surface area contributed by atoms with E-state index in [1.54, 1.807) is 6.92 Å². The molecule has 2 unspecified atom stereocenters. The summed E-state index contributed by atoms with van der Waals surface area (Å²) in [6.07, 6.45) is -0.676. The van der Waals surface area contributed by atoms with Crippen LogP contribution in [0.3, 0.4) is 0 Å². The number of nitrogens with zero attached hydrogens (tertiary/aromatic N) is 2. The van der Waals surface area contributed by atoms with Crippen molar-refractivity contribution in [1.29, 1.82) is 0 Å². The molecule has 0 bridgehead atoms. The molecule has 0 radical (unpaired) electrons. The number of hydrogen-bond acceptors (Lipinski definition) is 5. The summed E-state index contributed by atoms with van der Waals surface area (Å²) in [5.41, 5.74) is 0.0749. The van der Waals surface area contributed by atoms with Gasteiger partial charge in [-0.2, -0.15) is 0 Å². The second-order valence-electron chi connectivity index (χ2n) is 4.87. The summed E-state index contributed by atoms with van der Waals surface area (Å²) in [4.78, 5) is 13.2. The van der Waals surface area contributed by atoms with Gasteiger partial charge in [0.2, 0.25) is 0 Å². The average Bonchev–Trinajstić information content (AvgIpc) is 2.71. The summed E-state index contributed by atoms with van der Waals surface area (Å²) in [5.74, 6) is 0.395. The predicted octanol–water partition coefficient (Wildman–Crippen LogP) is 3.19. The Bertz CT molecular complexity index is 429. The van der Waals surface area contributed by atoms with Gasteiger partial charge in [-0.25, -0.2) is 0 Å². The van der Waals surface area contributed by atoms with Gasteiger partial charge in [0, 0.05) is 24.0 Å². The molecule has 18 heavy (non-hydrogen) atoms. The first-order chi connectivity index (χ1) is 8.25. The summed E-state index contributed by atoms with van der Waals surface area (Å²) in [5, 5.41) is 21.2. The maximum absolute atomic E-state index is 11.1. The zero-order valence-corrected chi connectivity index (χ0v) is 12.2. The van der Waals surface area contributed by atoms with Gasteiger partial charge in [-0.05, 0) is 19.8 Å². The SMILES string of the molecule is CC(O)c1cc([N+](=O)[O-])c(N(C)C(C)C(C)C)s1. The molecule has 5 nitrogen and oxygen atoms in total. The number of aliphatic hydroxyl groups is 1. The molecule has 0 amide bonds. The molecule has 0 aromatic carbocycles. The van der Waals surface area contributed by atoms with Gasteiger partial charge in [0.15, 0.2) is 5.00 Å². The van der Waals surface area contributed by atoms with Gasteiger partial charge in [-0.1, -0.05) is 13.8 Å². The minimum Gasteiger partial charge on any atom is -0.388 e. The molecular formula is C12H20N2O3S. The molecule has 0 saturated carbocycles. The van der Waals surface area contributed by atoms with Gasteiger partial charge in [0.1, 0.15) is 0 Å². The predicted molar refractivity (Wildman–Crippen MR) is 74.3 cm³/mol. The molecule has 6 heteroatoms. The van der Waals surface area contributed by atoms with E-state index in [1.807, 2.05) is 18.9 Å². The van der Waals surface area contributed by atoms with E-state index in [9.17, 15) is 15.2 Å². The molecule has 1 aromatic heterocycles. The van der Waals surface area contributed by atoms with Crippen LogP contribution < -0.4 is 4.90 Å². The fraction of sp³-hybridized carbons (Fsp3) is 0.667. The third-order valence-electron chi connectivity index (χ3n) is 3.22. The monoisotopic (exact) mass is 272 g/mol. The van der Waals surface area contributed by atoms with Gasteiger partial charge in [0.05, 0.1) is 11.0 Å². The second-order valence-corrected chi connectivity index (χ2v) is 5.93. The molecule has 102 valence electrons. The van der Waals surface area contributed by atoms with E-state index < -0.39 is 6.10 Å². The van der Waals surface area contributed by atoms with Crippen LogP contribution in [0.1, 0.15) is 38.7 Å². The van der Waals surface area contributed by atoms with E-state index in [0.717, 1.165) is 0 Å². The lowest BCUT2D eigenvalue weighted by molar-refractivity contribution is -0.383. The molecular weight excluding hydrogens is 252 g/mol. The van der Waals surface area contributed by atoms with Crippen molar-refractivity contribution in [2.45, 2.75) is 39.8 Å². The third kappa shape index (κ3) is 3.00. The molecule has 0 spiro atoms. The Morgan fingerprint density at radius 3 is 2.33 bits per heavy atom. The van der Waals surface area contributed by atoms with Crippen molar-refractivity contribution in [3.63, 3.8) is 0 Å². The number of thiophene rings is 1. The Labute approximate surface area is 111 Å². The van der Waals surface area contributed by atoms with Crippen LogP contribution in [0.4, 0.5) is 10.7 Å². The van der Waals surface area contributed by atoms with Crippen molar-refractivity contribution in [3.05, 3.63) is 21.1 Å². The number of nitro groups is 1. The highest BCUT2D eigenvalue weighted by molar-refractivity contribution is 7.16. The van der Waals surface area contributed by atoms with Crippen LogP contribution in [-0.2, 0) is 0 Å². The molecule has 0 aliphatic carbocycles. The van der Waals surface area contributed by atoms with E-state index in [4.69, 9.17) is 0 Å². The first kappa shape index (κ1) is 14.9. The first-order valence-corrected chi connectivity index (χ1v) is 6.76. The second kappa shape index (κ2) is 5.67. The first-order valence-electron chi connectivity index (χ1n) is 5.94. The molecule has 0 fully saturated rings. The largest absolute Gasteiger partial charge is 0.388 e. The Kier molecular flexibility index (Phi) is 4.70. The van der Waals surface area contributed by atoms with Crippen LogP contribution in [0.25, 0.3) is 0 Å².